The highest BCUT2D eigenvalue weighted by molar-refractivity contribution is 7.22. The molecule has 0 aliphatic heterocycles. The van der Waals surface area contributed by atoms with Gasteiger partial charge in [0.25, 0.3) is 0 Å². The minimum atomic E-state index is -0.366. The van der Waals surface area contributed by atoms with Crippen molar-refractivity contribution in [2.75, 3.05) is 25.2 Å². The highest BCUT2D eigenvalue weighted by Gasteiger charge is 2.29. The standard InChI is InChI=1S/C18H21N3O3S/c1-11(16-12(2)20-24-13(16)3)17(22)21(9-10-23-4)18-19-14-7-5-6-8-15(14)25-18/h5-8,11H,9-10H2,1-4H3. The average Bonchev–Trinajstić information content (AvgIpc) is 3.17. The zero-order valence-electron chi connectivity index (χ0n) is 14.8. The van der Waals surface area contributed by atoms with Gasteiger partial charge in [-0.05, 0) is 32.9 Å². The molecule has 132 valence electrons. The number of carbonyl (C=O) groups excluding carboxylic acids is 1. The number of rotatable bonds is 6. The lowest BCUT2D eigenvalue weighted by Crippen LogP contribution is -2.37. The van der Waals surface area contributed by atoms with Gasteiger partial charge < -0.3 is 9.26 Å². The van der Waals surface area contributed by atoms with Gasteiger partial charge in [-0.3, -0.25) is 9.69 Å². The van der Waals surface area contributed by atoms with Crippen LogP contribution in [0.3, 0.4) is 0 Å². The van der Waals surface area contributed by atoms with Crippen LogP contribution in [0.1, 0.15) is 29.9 Å². The first-order valence-electron chi connectivity index (χ1n) is 8.11. The van der Waals surface area contributed by atoms with E-state index in [1.54, 1.807) is 12.0 Å². The van der Waals surface area contributed by atoms with E-state index in [0.29, 0.717) is 24.0 Å². The number of nitrogens with zero attached hydrogens (tertiary/aromatic N) is 3. The third kappa shape index (κ3) is 3.43. The van der Waals surface area contributed by atoms with Crippen molar-refractivity contribution >= 4 is 32.6 Å². The molecule has 0 fully saturated rings. The minimum absolute atomic E-state index is 0.0366. The Bertz CT molecular complexity index is 834. The molecule has 6 nitrogen and oxygen atoms in total. The molecule has 2 heterocycles. The average molecular weight is 359 g/mol. The van der Waals surface area contributed by atoms with Crippen LogP contribution in [0.4, 0.5) is 5.13 Å². The Morgan fingerprint density at radius 3 is 2.76 bits per heavy atom. The van der Waals surface area contributed by atoms with Crippen LogP contribution in [0.25, 0.3) is 10.2 Å². The van der Waals surface area contributed by atoms with E-state index in [1.165, 1.54) is 11.3 Å². The maximum Gasteiger partial charge on any atom is 0.236 e. The number of hydrogen-bond acceptors (Lipinski definition) is 6. The number of methoxy groups -OCH3 is 1. The normalized spacial score (nSPS) is 12.5. The molecule has 7 heteroatoms. The van der Waals surface area contributed by atoms with E-state index in [4.69, 9.17) is 9.26 Å². The fourth-order valence-corrected chi connectivity index (χ4v) is 3.92. The molecule has 1 unspecified atom stereocenters. The first kappa shape index (κ1) is 17.6. The van der Waals surface area contributed by atoms with Crippen LogP contribution in [0, 0.1) is 13.8 Å². The van der Waals surface area contributed by atoms with Crippen molar-refractivity contribution in [2.45, 2.75) is 26.7 Å². The Labute approximate surface area is 150 Å². The lowest BCUT2D eigenvalue weighted by Gasteiger charge is -2.23. The molecule has 0 spiro atoms. The fraction of sp³-hybridized carbons (Fsp3) is 0.389. The van der Waals surface area contributed by atoms with E-state index in [9.17, 15) is 4.79 Å². The number of thiazole rings is 1. The molecule has 1 aromatic carbocycles. The maximum absolute atomic E-state index is 13.2. The number of para-hydroxylation sites is 1. The highest BCUT2D eigenvalue weighted by Crippen LogP contribution is 2.32. The van der Waals surface area contributed by atoms with E-state index in [-0.39, 0.29) is 11.8 Å². The van der Waals surface area contributed by atoms with Crippen molar-refractivity contribution in [3.63, 3.8) is 0 Å². The van der Waals surface area contributed by atoms with E-state index >= 15 is 0 Å². The summed E-state index contributed by atoms with van der Waals surface area (Å²) < 4.78 is 11.5. The molecule has 1 atom stereocenters. The zero-order valence-corrected chi connectivity index (χ0v) is 15.6. The van der Waals surface area contributed by atoms with Crippen LogP contribution in [0.2, 0.25) is 0 Å². The third-order valence-electron chi connectivity index (χ3n) is 4.19. The topological polar surface area (TPSA) is 68.5 Å². The van der Waals surface area contributed by atoms with E-state index in [0.717, 1.165) is 21.5 Å². The summed E-state index contributed by atoms with van der Waals surface area (Å²) in [5.41, 5.74) is 2.48. The van der Waals surface area contributed by atoms with Gasteiger partial charge in [0.15, 0.2) is 5.13 Å². The Morgan fingerprint density at radius 1 is 1.36 bits per heavy atom. The monoisotopic (exact) mass is 359 g/mol. The smallest absolute Gasteiger partial charge is 0.236 e. The summed E-state index contributed by atoms with van der Waals surface area (Å²) in [6, 6.07) is 7.87. The van der Waals surface area contributed by atoms with Crippen LogP contribution < -0.4 is 4.90 Å². The first-order valence-corrected chi connectivity index (χ1v) is 8.93. The summed E-state index contributed by atoms with van der Waals surface area (Å²) in [6.45, 7) is 6.45. The van der Waals surface area contributed by atoms with Crippen molar-refractivity contribution in [1.29, 1.82) is 0 Å². The molecule has 0 aliphatic rings. The number of fused-ring (bicyclic) bond motifs is 1. The predicted molar refractivity (Wildman–Crippen MR) is 98.2 cm³/mol. The van der Waals surface area contributed by atoms with E-state index in [2.05, 4.69) is 10.1 Å². The Hall–Kier alpha value is -2.25. The second kappa shape index (κ2) is 7.33. The third-order valence-corrected chi connectivity index (χ3v) is 5.25. The summed E-state index contributed by atoms with van der Waals surface area (Å²) in [5, 5.41) is 4.65. The largest absolute Gasteiger partial charge is 0.383 e. The Morgan fingerprint density at radius 2 is 2.12 bits per heavy atom. The van der Waals surface area contributed by atoms with Crippen LogP contribution >= 0.6 is 11.3 Å². The number of aromatic nitrogens is 2. The number of aryl methyl sites for hydroxylation is 2. The molecular formula is C18H21N3O3S. The van der Waals surface area contributed by atoms with Crippen molar-refractivity contribution < 1.29 is 14.1 Å². The van der Waals surface area contributed by atoms with Crippen molar-refractivity contribution in [2.24, 2.45) is 0 Å². The molecule has 0 bridgehead atoms. The summed E-state index contributed by atoms with van der Waals surface area (Å²) in [4.78, 5) is 19.5. The highest BCUT2D eigenvalue weighted by atomic mass is 32.1. The summed E-state index contributed by atoms with van der Waals surface area (Å²) in [7, 11) is 1.62. The van der Waals surface area contributed by atoms with Crippen molar-refractivity contribution in [3.05, 3.63) is 41.3 Å². The quantitative estimate of drug-likeness (QED) is 0.671. The van der Waals surface area contributed by atoms with Gasteiger partial charge in [-0.2, -0.15) is 0 Å². The van der Waals surface area contributed by atoms with Gasteiger partial charge in [0, 0.05) is 12.7 Å². The molecule has 1 amide bonds. The summed E-state index contributed by atoms with van der Waals surface area (Å²) in [5.74, 6) is 0.273. The number of amides is 1. The van der Waals surface area contributed by atoms with Gasteiger partial charge >= 0.3 is 0 Å². The Balaban J connectivity index is 1.95. The van der Waals surface area contributed by atoms with Crippen LogP contribution in [-0.2, 0) is 9.53 Å². The molecule has 0 N–H and O–H groups in total. The number of benzene rings is 1. The van der Waals surface area contributed by atoms with Crippen molar-refractivity contribution in [1.82, 2.24) is 10.1 Å². The second-order valence-electron chi connectivity index (χ2n) is 5.91. The second-order valence-corrected chi connectivity index (χ2v) is 6.92. The lowest BCUT2D eigenvalue weighted by atomic mass is 9.98. The first-order chi connectivity index (χ1) is 12.0. The molecular weight excluding hydrogens is 338 g/mol. The molecule has 2 aromatic heterocycles. The van der Waals surface area contributed by atoms with Crippen LogP contribution in [-0.4, -0.2) is 36.3 Å². The molecule has 0 aliphatic carbocycles. The summed E-state index contributed by atoms with van der Waals surface area (Å²) in [6.07, 6.45) is 0. The fourth-order valence-electron chi connectivity index (χ4n) is 2.92. The van der Waals surface area contributed by atoms with Crippen molar-refractivity contribution in [3.8, 4) is 0 Å². The van der Waals surface area contributed by atoms with E-state index in [1.807, 2.05) is 45.0 Å². The van der Waals surface area contributed by atoms with Crippen LogP contribution in [0.5, 0.6) is 0 Å². The summed E-state index contributed by atoms with van der Waals surface area (Å²) >= 11 is 1.51. The number of anilines is 1. The number of carbonyl (C=O) groups is 1. The molecule has 25 heavy (non-hydrogen) atoms. The van der Waals surface area contributed by atoms with Gasteiger partial charge in [-0.15, -0.1) is 0 Å². The molecule has 3 rings (SSSR count). The minimum Gasteiger partial charge on any atom is -0.383 e. The van der Waals surface area contributed by atoms with Gasteiger partial charge in [0.1, 0.15) is 5.76 Å². The van der Waals surface area contributed by atoms with E-state index < -0.39 is 0 Å². The van der Waals surface area contributed by atoms with Crippen LogP contribution in [0.15, 0.2) is 28.8 Å². The Kier molecular flexibility index (Phi) is 5.15. The molecule has 3 aromatic rings. The van der Waals surface area contributed by atoms with Gasteiger partial charge in [-0.25, -0.2) is 4.98 Å². The maximum atomic E-state index is 13.2. The predicted octanol–water partition coefficient (Wildman–Crippen LogP) is 3.68. The van der Waals surface area contributed by atoms with Gasteiger partial charge in [-0.1, -0.05) is 28.6 Å². The molecule has 0 saturated heterocycles. The zero-order chi connectivity index (χ0) is 18.0. The van der Waals surface area contributed by atoms with Gasteiger partial charge in [0.05, 0.1) is 35.0 Å². The SMILES string of the molecule is COCCN(C(=O)C(C)c1c(C)noc1C)c1nc2ccccc2s1. The number of hydrogen-bond donors (Lipinski definition) is 0. The lowest BCUT2D eigenvalue weighted by molar-refractivity contribution is -0.119. The molecule has 0 saturated carbocycles. The number of ether oxygens (including phenoxy) is 1. The van der Waals surface area contributed by atoms with Gasteiger partial charge in [0.2, 0.25) is 5.91 Å². The molecule has 0 radical (unpaired) electrons.